The molecule has 0 saturated heterocycles. The maximum atomic E-state index is 5.58. The monoisotopic (exact) mass is 210 g/mol. The predicted octanol–water partition coefficient (Wildman–Crippen LogP) is 1.53. The molecule has 0 aromatic carbocycles. The van der Waals surface area contributed by atoms with Crippen LogP contribution in [-0.4, -0.2) is 9.78 Å². The summed E-state index contributed by atoms with van der Waals surface area (Å²) >= 11 is 0. The van der Waals surface area contributed by atoms with Crippen molar-refractivity contribution in [3.05, 3.63) is 17.5 Å². The maximum Gasteiger partial charge on any atom is 0.0631 e. The standard InChI is InChI=1S/C11H22N4/c1-5-9-7-11(15(4)14-9)10(13-12)6-8(2)3/h7-8,10,13H,5-6,12H2,1-4H3. The summed E-state index contributed by atoms with van der Waals surface area (Å²) in [4.78, 5) is 0. The van der Waals surface area contributed by atoms with Crippen molar-refractivity contribution in [1.82, 2.24) is 15.2 Å². The average molecular weight is 210 g/mol. The number of hydrogen-bond donors (Lipinski definition) is 2. The highest BCUT2D eigenvalue weighted by molar-refractivity contribution is 5.14. The minimum Gasteiger partial charge on any atom is -0.271 e. The largest absolute Gasteiger partial charge is 0.271 e. The van der Waals surface area contributed by atoms with Gasteiger partial charge in [-0.15, -0.1) is 0 Å². The molecule has 0 radical (unpaired) electrons. The molecule has 0 amide bonds. The van der Waals surface area contributed by atoms with Gasteiger partial charge in [0.25, 0.3) is 0 Å². The number of nitrogens with one attached hydrogen (secondary N) is 1. The first kappa shape index (κ1) is 12.2. The van der Waals surface area contributed by atoms with Gasteiger partial charge in [0.1, 0.15) is 0 Å². The first-order valence-electron chi connectivity index (χ1n) is 5.57. The third-order valence-corrected chi connectivity index (χ3v) is 2.59. The van der Waals surface area contributed by atoms with Crippen molar-refractivity contribution >= 4 is 0 Å². The molecule has 1 unspecified atom stereocenters. The van der Waals surface area contributed by atoms with Crippen molar-refractivity contribution in [2.75, 3.05) is 0 Å². The Bertz CT molecular complexity index is 304. The van der Waals surface area contributed by atoms with E-state index in [2.05, 4.69) is 37.4 Å². The molecular formula is C11H22N4. The van der Waals surface area contributed by atoms with Crippen molar-refractivity contribution in [3.8, 4) is 0 Å². The van der Waals surface area contributed by atoms with Crippen molar-refractivity contribution in [2.24, 2.45) is 18.8 Å². The Kier molecular flexibility index (Phi) is 4.29. The molecule has 4 heteroatoms. The minimum atomic E-state index is 0.197. The zero-order valence-electron chi connectivity index (χ0n) is 10.1. The highest BCUT2D eigenvalue weighted by Gasteiger charge is 2.16. The molecule has 0 spiro atoms. The lowest BCUT2D eigenvalue weighted by Gasteiger charge is -2.17. The van der Waals surface area contributed by atoms with Crippen LogP contribution in [0.4, 0.5) is 0 Å². The third kappa shape index (κ3) is 3.04. The highest BCUT2D eigenvalue weighted by atomic mass is 15.3. The van der Waals surface area contributed by atoms with E-state index in [1.807, 2.05) is 11.7 Å². The number of nitrogens with two attached hydrogens (primary N) is 1. The van der Waals surface area contributed by atoms with Crippen molar-refractivity contribution in [2.45, 2.75) is 39.7 Å². The van der Waals surface area contributed by atoms with Gasteiger partial charge in [0.15, 0.2) is 0 Å². The molecule has 1 aromatic heterocycles. The number of aromatic nitrogens is 2. The van der Waals surface area contributed by atoms with Crippen LogP contribution in [0.2, 0.25) is 0 Å². The summed E-state index contributed by atoms with van der Waals surface area (Å²) in [6, 6.07) is 2.33. The molecule has 0 bridgehead atoms. The second kappa shape index (κ2) is 5.28. The topological polar surface area (TPSA) is 55.9 Å². The second-order valence-electron chi connectivity index (χ2n) is 4.39. The van der Waals surface area contributed by atoms with Gasteiger partial charge < -0.3 is 0 Å². The fraction of sp³-hybridized carbons (Fsp3) is 0.727. The first-order chi connectivity index (χ1) is 7.08. The van der Waals surface area contributed by atoms with Crippen LogP contribution in [-0.2, 0) is 13.5 Å². The van der Waals surface area contributed by atoms with Gasteiger partial charge in [-0.05, 0) is 24.8 Å². The van der Waals surface area contributed by atoms with E-state index < -0.39 is 0 Å². The molecule has 15 heavy (non-hydrogen) atoms. The molecule has 86 valence electrons. The summed E-state index contributed by atoms with van der Waals surface area (Å²) in [7, 11) is 1.97. The van der Waals surface area contributed by atoms with Crippen molar-refractivity contribution < 1.29 is 0 Å². The van der Waals surface area contributed by atoms with Crippen LogP contribution in [0.5, 0.6) is 0 Å². The number of hydrazine groups is 1. The van der Waals surface area contributed by atoms with Crippen molar-refractivity contribution in [3.63, 3.8) is 0 Å². The molecule has 1 heterocycles. The van der Waals surface area contributed by atoms with Gasteiger partial charge >= 0.3 is 0 Å². The van der Waals surface area contributed by atoms with Crippen LogP contribution in [0, 0.1) is 5.92 Å². The lowest BCUT2D eigenvalue weighted by atomic mass is 10.0. The van der Waals surface area contributed by atoms with E-state index in [1.54, 1.807) is 0 Å². The van der Waals surface area contributed by atoms with E-state index in [4.69, 9.17) is 5.84 Å². The average Bonchev–Trinajstić information content (AvgIpc) is 2.56. The summed E-state index contributed by atoms with van der Waals surface area (Å²) in [6.45, 7) is 6.50. The number of nitrogens with zero attached hydrogens (tertiary/aromatic N) is 2. The fourth-order valence-electron chi connectivity index (χ4n) is 1.79. The Morgan fingerprint density at radius 2 is 2.20 bits per heavy atom. The van der Waals surface area contributed by atoms with Gasteiger partial charge in [-0.25, -0.2) is 0 Å². The molecule has 0 fully saturated rings. The maximum absolute atomic E-state index is 5.58. The van der Waals surface area contributed by atoms with Crippen LogP contribution in [0.25, 0.3) is 0 Å². The molecule has 1 rings (SSSR count). The summed E-state index contributed by atoms with van der Waals surface area (Å²) in [5.41, 5.74) is 5.16. The van der Waals surface area contributed by atoms with Crippen LogP contribution >= 0.6 is 0 Å². The van der Waals surface area contributed by atoms with E-state index >= 15 is 0 Å². The summed E-state index contributed by atoms with van der Waals surface area (Å²) in [5, 5.41) is 4.43. The number of rotatable bonds is 5. The van der Waals surface area contributed by atoms with Crippen LogP contribution < -0.4 is 11.3 Å². The van der Waals surface area contributed by atoms with E-state index in [0.29, 0.717) is 5.92 Å². The Morgan fingerprint density at radius 3 is 2.60 bits per heavy atom. The normalized spacial score (nSPS) is 13.5. The van der Waals surface area contributed by atoms with Crippen LogP contribution in [0.3, 0.4) is 0 Å². The van der Waals surface area contributed by atoms with Crippen molar-refractivity contribution in [1.29, 1.82) is 0 Å². The van der Waals surface area contributed by atoms with Crippen LogP contribution in [0.15, 0.2) is 6.07 Å². The first-order valence-corrected chi connectivity index (χ1v) is 5.57. The molecule has 0 aliphatic carbocycles. The lowest BCUT2D eigenvalue weighted by Crippen LogP contribution is -2.30. The zero-order valence-corrected chi connectivity index (χ0v) is 10.1. The molecule has 1 atom stereocenters. The van der Waals surface area contributed by atoms with Gasteiger partial charge in [-0.2, -0.15) is 5.10 Å². The smallest absolute Gasteiger partial charge is 0.0631 e. The van der Waals surface area contributed by atoms with E-state index in [-0.39, 0.29) is 6.04 Å². The minimum absolute atomic E-state index is 0.197. The molecule has 0 aliphatic rings. The van der Waals surface area contributed by atoms with Crippen LogP contribution in [0.1, 0.15) is 44.6 Å². The predicted molar refractivity (Wildman–Crippen MR) is 62.1 cm³/mol. The van der Waals surface area contributed by atoms with E-state index in [9.17, 15) is 0 Å². The molecule has 1 aromatic rings. The third-order valence-electron chi connectivity index (χ3n) is 2.59. The van der Waals surface area contributed by atoms with Gasteiger partial charge in [0, 0.05) is 7.05 Å². The Labute approximate surface area is 91.8 Å². The fourth-order valence-corrected chi connectivity index (χ4v) is 1.79. The summed E-state index contributed by atoms with van der Waals surface area (Å²) < 4.78 is 1.92. The lowest BCUT2D eigenvalue weighted by molar-refractivity contribution is 0.417. The summed E-state index contributed by atoms with van der Waals surface area (Å²) in [6.07, 6.45) is 1.99. The van der Waals surface area contributed by atoms with Gasteiger partial charge in [0.2, 0.25) is 0 Å². The second-order valence-corrected chi connectivity index (χ2v) is 4.39. The molecule has 3 N–H and O–H groups in total. The SMILES string of the molecule is CCc1cc(C(CC(C)C)NN)n(C)n1. The highest BCUT2D eigenvalue weighted by Crippen LogP contribution is 2.20. The molecule has 0 saturated carbocycles. The Morgan fingerprint density at radius 1 is 1.53 bits per heavy atom. The van der Waals surface area contributed by atoms with Gasteiger partial charge in [-0.3, -0.25) is 16.0 Å². The van der Waals surface area contributed by atoms with E-state index in [0.717, 1.165) is 18.5 Å². The zero-order chi connectivity index (χ0) is 11.4. The quantitative estimate of drug-likeness (QED) is 0.572. The molecule has 4 nitrogen and oxygen atoms in total. The molecule has 0 aliphatic heterocycles. The Balaban J connectivity index is 2.85. The Hall–Kier alpha value is -0.870. The van der Waals surface area contributed by atoms with Gasteiger partial charge in [-0.1, -0.05) is 20.8 Å². The molecular weight excluding hydrogens is 188 g/mol. The van der Waals surface area contributed by atoms with E-state index in [1.165, 1.54) is 5.69 Å². The summed E-state index contributed by atoms with van der Waals surface area (Å²) in [5.74, 6) is 6.20. The number of aryl methyl sites for hydroxylation is 2. The number of hydrogen-bond acceptors (Lipinski definition) is 3. The van der Waals surface area contributed by atoms with Gasteiger partial charge in [0.05, 0.1) is 17.4 Å².